The van der Waals surface area contributed by atoms with Crippen molar-refractivity contribution in [1.29, 1.82) is 0 Å². The lowest BCUT2D eigenvalue weighted by Gasteiger charge is -2.22. The van der Waals surface area contributed by atoms with Gasteiger partial charge in [-0.05, 0) is 48.1 Å². The van der Waals surface area contributed by atoms with Crippen LogP contribution in [0.4, 0.5) is 13.2 Å². The first-order valence-electron chi connectivity index (χ1n) is 7.40. The second kappa shape index (κ2) is 5.92. The van der Waals surface area contributed by atoms with Crippen molar-refractivity contribution < 1.29 is 13.2 Å². The van der Waals surface area contributed by atoms with Gasteiger partial charge in [-0.1, -0.05) is 37.5 Å². The Labute approximate surface area is 122 Å². The largest absolute Gasteiger partial charge is 0.206 e. The summed E-state index contributed by atoms with van der Waals surface area (Å²) in [6.45, 7) is 0. The summed E-state index contributed by atoms with van der Waals surface area (Å²) in [4.78, 5) is 0. The molecule has 0 aliphatic heterocycles. The Hall–Kier alpha value is -1.77. The van der Waals surface area contributed by atoms with Crippen LogP contribution in [0.25, 0.3) is 11.1 Å². The SMILES string of the molecule is Fc1ccc(-c2ccc(C3CCCCC3)cc2F)cc1F. The molecule has 0 nitrogen and oxygen atoms in total. The molecule has 0 aromatic heterocycles. The van der Waals surface area contributed by atoms with Crippen LogP contribution in [0.1, 0.15) is 43.6 Å². The van der Waals surface area contributed by atoms with Gasteiger partial charge in [0, 0.05) is 5.56 Å². The highest BCUT2D eigenvalue weighted by Crippen LogP contribution is 2.34. The van der Waals surface area contributed by atoms with Gasteiger partial charge in [-0.15, -0.1) is 0 Å². The van der Waals surface area contributed by atoms with Crippen molar-refractivity contribution in [2.24, 2.45) is 0 Å². The zero-order chi connectivity index (χ0) is 14.8. The Morgan fingerprint density at radius 1 is 0.714 bits per heavy atom. The molecule has 1 aliphatic carbocycles. The van der Waals surface area contributed by atoms with Crippen LogP contribution in [0.15, 0.2) is 36.4 Å². The summed E-state index contributed by atoms with van der Waals surface area (Å²) in [5.41, 5.74) is 1.69. The molecular formula is C18H17F3. The van der Waals surface area contributed by atoms with Gasteiger partial charge in [0.2, 0.25) is 0 Å². The summed E-state index contributed by atoms with van der Waals surface area (Å²) < 4.78 is 40.5. The third kappa shape index (κ3) is 2.97. The van der Waals surface area contributed by atoms with E-state index in [1.807, 2.05) is 6.07 Å². The van der Waals surface area contributed by atoms with Crippen molar-refractivity contribution in [2.75, 3.05) is 0 Å². The highest BCUT2D eigenvalue weighted by atomic mass is 19.2. The van der Waals surface area contributed by atoms with E-state index >= 15 is 0 Å². The van der Waals surface area contributed by atoms with Crippen LogP contribution in [0.5, 0.6) is 0 Å². The van der Waals surface area contributed by atoms with Gasteiger partial charge in [0.25, 0.3) is 0 Å². The molecule has 0 radical (unpaired) electrons. The van der Waals surface area contributed by atoms with E-state index in [1.54, 1.807) is 12.1 Å². The normalized spacial score (nSPS) is 16.1. The number of rotatable bonds is 2. The molecule has 0 spiro atoms. The van der Waals surface area contributed by atoms with Crippen LogP contribution in [-0.4, -0.2) is 0 Å². The Balaban J connectivity index is 1.91. The average Bonchev–Trinajstić information content (AvgIpc) is 2.51. The van der Waals surface area contributed by atoms with Crippen molar-refractivity contribution in [1.82, 2.24) is 0 Å². The minimum atomic E-state index is -0.955. The lowest BCUT2D eigenvalue weighted by molar-refractivity contribution is 0.442. The number of halogens is 3. The van der Waals surface area contributed by atoms with Gasteiger partial charge in [0.05, 0.1) is 0 Å². The van der Waals surface area contributed by atoms with Crippen molar-refractivity contribution in [3.63, 3.8) is 0 Å². The van der Waals surface area contributed by atoms with E-state index in [9.17, 15) is 13.2 Å². The quantitative estimate of drug-likeness (QED) is 0.654. The molecule has 1 fully saturated rings. The summed E-state index contributed by atoms with van der Waals surface area (Å²) >= 11 is 0. The van der Waals surface area contributed by atoms with Gasteiger partial charge in [-0.25, -0.2) is 13.2 Å². The van der Waals surface area contributed by atoms with E-state index in [2.05, 4.69) is 0 Å². The van der Waals surface area contributed by atoms with Crippen molar-refractivity contribution in [3.05, 3.63) is 59.4 Å². The van der Waals surface area contributed by atoms with Gasteiger partial charge < -0.3 is 0 Å². The molecule has 2 aromatic rings. The average molecular weight is 290 g/mol. The Kier molecular flexibility index (Phi) is 4.00. The molecule has 0 amide bonds. The van der Waals surface area contributed by atoms with Crippen molar-refractivity contribution in [3.8, 4) is 11.1 Å². The van der Waals surface area contributed by atoms with Gasteiger partial charge in [-0.2, -0.15) is 0 Å². The van der Waals surface area contributed by atoms with Gasteiger partial charge in [0.15, 0.2) is 11.6 Å². The fraction of sp³-hybridized carbons (Fsp3) is 0.333. The first-order valence-corrected chi connectivity index (χ1v) is 7.40. The third-order valence-corrected chi connectivity index (χ3v) is 4.30. The maximum Gasteiger partial charge on any atom is 0.159 e. The number of hydrogen-bond acceptors (Lipinski definition) is 0. The van der Waals surface area contributed by atoms with Crippen LogP contribution in [0.2, 0.25) is 0 Å². The van der Waals surface area contributed by atoms with Crippen LogP contribution in [0.3, 0.4) is 0 Å². The molecule has 3 heteroatoms. The first-order chi connectivity index (χ1) is 10.1. The van der Waals surface area contributed by atoms with E-state index in [0.29, 0.717) is 17.0 Å². The maximum atomic E-state index is 14.3. The minimum absolute atomic E-state index is 0.313. The summed E-state index contributed by atoms with van der Waals surface area (Å²) in [6.07, 6.45) is 5.84. The molecule has 2 aromatic carbocycles. The predicted octanol–water partition coefficient (Wildman–Crippen LogP) is 5.82. The lowest BCUT2D eigenvalue weighted by Crippen LogP contribution is -2.05. The lowest BCUT2D eigenvalue weighted by atomic mass is 9.83. The molecule has 0 N–H and O–H groups in total. The monoisotopic (exact) mass is 290 g/mol. The topological polar surface area (TPSA) is 0 Å². The van der Waals surface area contributed by atoms with Crippen LogP contribution in [-0.2, 0) is 0 Å². The summed E-state index contributed by atoms with van der Waals surface area (Å²) in [5, 5.41) is 0. The zero-order valence-corrected chi connectivity index (χ0v) is 11.7. The van der Waals surface area contributed by atoms with E-state index < -0.39 is 11.6 Å². The smallest absolute Gasteiger partial charge is 0.159 e. The van der Waals surface area contributed by atoms with E-state index in [-0.39, 0.29) is 5.82 Å². The molecule has 0 saturated heterocycles. The molecule has 0 bridgehead atoms. The minimum Gasteiger partial charge on any atom is -0.206 e. The van der Waals surface area contributed by atoms with Crippen molar-refractivity contribution in [2.45, 2.75) is 38.0 Å². The number of hydrogen-bond donors (Lipinski definition) is 0. The zero-order valence-electron chi connectivity index (χ0n) is 11.7. The molecule has 0 atom stereocenters. The second-order valence-corrected chi connectivity index (χ2v) is 5.70. The highest BCUT2D eigenvalue weighted by Gasteiger charge is 2.17. The summed E-state index contributed by atoms with van der Waals surface area (Å²) in [7, 11) is 0. The summed E-state index contributed by atoms with van der Waals surface area (Å²) in [6, 6.07) is 8.60. The van der Waals surface area contributed by atoms with Gasteiger partial charge >= 0.3 is 0 Å². The fourth-order valence-electron chi connectivity index (χ4n) is 3.12. The van der Waals surface area contributed by atoms with E-state index in [1.165, 1.54) is 25.3 Å². The van der Waals surface area contributed by atoms with E-state index in [4.69, 9.17) is 0 Å². The highest BCUT2D eigenvalue weighted by molar-refractivity contribution is 5.64. The predicted molar refractivity (Wildman–Crippen MR) is 77.6 cm³/mol. The third-order valence-electron chi connectivity index (χ3n) is 4.30. The van der Waals surface area contributed by atoms with Crippen LogP contribution >= 0.6 is 0 Å². The second-order valence-electron chi connectivity index (χ2n) is 5.70. The molecule has 21 heavy (non-hydrogen) atoms. The molecule has 0 unspecified atom stereocenters. The Morgan fingerprint density at radius 2 is 1.48 bits per heavy atom. The van der Waals surface area contributed by atoms with Crippen LogP contribution < -0.4 is 0 Å². The molecule has 1 aliphatic rings. The van der Waals surface area contributed by atoms with E-state index in [0.717, 1.165) is 30.5 Å². The molecular weight excluding hydrogens is 273 g/mol. The maximum absolute atomic E-state index is 14.3. The summed E-state index contributed by atoms with van der Waals surface area (Å²) in [5.74, 6) is -1.82. The molecule has 1 saturated carbocycles. The van der Waals surface area contributed by atoms with Gasteiger partial charge in [-0.3, -0.25) is 0 Å². The molecule has 0 heterocycles. The fourth-order valence-corrected chi connectivity index (χ4v) is 3.12. The van der Waals surface area contributed by atoms with Crippen LogP contribution in [0, 0.1) is 17.5 Å². The van der Waals surface area contributed by atoms with Crippen molar-refractivity contribution >= 4 is 0 Å². The first kappa shape index (κ1) is 14.2. The standard InChI is InChI=1S/C18H17F3/c19-16-9-7-14(11-18(16)21)15-8-6-13(10-17(15)20)12-4-2-1-3-5-12/h6-12H,1-5H2. The Bertz CT molecular complexity index is 643. The number of benzene rings is 2. The Morgan fingerprint density at radius 3 is 2.14 bits per heavy atom. The molecule has 3 rings (SSSR count). The van der Waals surface area contributed by atoms with Gasteiger partial charge in [0.1, 0.15) is 5.82 Å². The molecule has 110 valence electrons.